The average molecular weight is 394 g/mol. The number of nitrogens with zero attached hydrogens (tertiary/aromatic N) is 2. The van der Waals surface area contributed by atoms with Gasteiger partial charge in [0.05, 0.1) is 17.8 Å². The Balaban J connectivity index is 1.58. The highest BCUT2D eigenvalue weighted by Gasteiger charge is 2.09. The summed E-state index contributed by atoms with van der Waals surface area (Å²) in [5, 5.41) is 7.51. The normalized spacial score (nSPS) is 10.6. The summed E-state index contributed by atoms with van der Waals surface area (Å²) in [6.45, 7) is 0.238. The van der Waals surface area contributed by atoms with E-state index in [0.29, 0.717) is 23.1 Å². The second-order valence-corrected chi connectivity index (χ2v) is 6.26. The molecule has 1 N–H and O–H groups in total. The Bertz CT molecular complexity index is 913. The minimum Gasteiger partial charge on any atom is -0.484 e. The maximum Gasteiger partial charge on any atom is 0.263 e. The van der Waals surface area contributed by atoms with Crippen LogP contribution in [0.2, 0.25) is 10.0 Å². The topological polar surface area (TPSA) is 56.1 Å². The highest BCUT2D eigenvalue weighted by Crippen LogP contribution is 2.21. The van der Waals surface area contributed by atoms with Crippen LogP contribution in [0.4, 0.5) is 10.2 Å². The smallest absolute Gasteiger partial charge is 0.263 e. The molecule has 0 aliphatic heterocycles. The minimum absolute atomic E-state index is 0.0658. The number of rotatable bonds is 6. The van der Waals surface area contributed by atoms with Crippen molar-refractivity contribution in [3.8, 4) is 5.75 Å². The minimum atomic E-state index is -0.547. The van der Waals surface area contributed by atoms with Gasteiger partial charge in [-0.05, 0) is 29.8 Å². The third kappa shape index (κ3) is 4.74. The van der Waals surface area contributed by atoms with Gasteiger partial charge in [-0.3, -0.25) is 4.79 Å². The van der Waals surface area contributed by atoms with Gasteiger partial charge in [0.25, 0.3) is 5.91 Å². The standard InChI is InChI=1S/C18H14Cl2FN3O2/c19-13-3-1-12(2-4-13)10-24-17(7-8-22-24)23-18(25)11-26-14-5-6-16(21)15(20)9-14/h1-9H,10-11H2,(H,23,25). The van der Waals surface area contributed by atoms with Crippen LogP contribution in [0.5, 0.6) is 5.75 Å². The van der Waals surface area contributed by atoms with Crippen molar-refractivity contribution in [3.63, 3.8) is 0 Å². The summed E-state index contributed by atoms with van der Waals surface area (Å²) >= 11 is 11.6. The molecule has 0 aliphatic carbocycles. The first-order valence-corrected chi connectivity index (χ1v) is 8.41. The fourth-order valence-electron chi connectivity index (χ4n) is 2.22. The Morgan fingerprint density at radius 3 is 2.65 bits per heavy atom. The van der Waals surface area contributed by atoms with Crippen molar-refractivity contribution >= 4 is 34.9 Å². The molecule has 134 valence electrons. The lowest BCUT2D eigenvalue weighted by molar-refractivity contribution is -0.118. The Kier molecular flexibility index (Phi) is 5.75. The molecule has 0 radical (unpaired) electrons. The van der Waals surface area contributed by atoms with Crippen molar-refractivity contribution in [2.75, 3.05) is 11.9 Å². The van der Waals surface area contributed by atoms with Gasteiger partial charge in [0, 0.05) is 17.2 Å². The van der Waals surface area contributed by atoms with Crippen LogP contribution in [0.3, 0.4) is 0 Å². The Labute approximate surface area is 159 Å². The Hall–Kier alpha value is -2.57. The third-order valence-corrected chi connectivity index (χ3v) is 4.03. The molecule has 0 saturated carbocycles. The van der Waals surface area contributed by atoms with Crippen LogP contribution in [-0.4, -0.2) is 22.3 Å². The van der Waals surface area contributed by atoms with Gasteiger partial charge in [-0.15, -0.1) is 0 Å². The van der Waals surface area contributed by atoms with Gasteiger partial charge in [0.15, 0.2) is 6.61 Å². The van der Waals surface area contributed by atoms with E-state index in [1.807, 2.05) is 12.1 Å². The van der Waals surface area contributed by atoms with E-state index in [0.717, 1.165) is 5.56 Å². The van der Waals surface area contributed by atoms with Crippen LogP contribution in [-0.2, 0) is 11.3 Å². The number of halogens is 3. The van der Waals surface area contributed by atoms with Gasteiger partial charge in [0.1, 0.15) is 17.4 Å². The number of hydrogen-bond acceptors (Lipinski definition) is 3. The zero-order valence-corrected chi connectivity index (χ0v) is 15.0. The number of hydrogen-bond donors (Lipinski definition) is 1. The lowest BCUT2D eigenvalue weighted by Crippen LogP contribution is -2.22. The van der Waals surface area contributed by atoms with Crippen molar-refractivity contribution in [1.82, 2.24) is 9.78 Å². The van der Waals surface area contributed by atoms with Crippen molar-refractivity contribution in [2.24, 2.45) is 0 Å². The molecule has 0 spiro atoms. The maximum absolute atomic E-state index is 13.1. The number of nitrogens with one attached hydrogen (secondary N) is 1. The van der Waals surface area contributed by atoms with Gasteiger partial charge < -0.3 is 10.1 Å². The number of carbonyl (C=O) groups excluding carboxylic acids is 1. The van der Waals surface area contributed by atoms with E-state index in [1.165, 1.54) is 18.2 Å². The first-order valence-electron chi connectivity index (χ1n) is 7.65. The van der Waals surface area contributed by atoms with E-state index in [-0.39, 0.29) is 17.5 Å². The zero-order valence-electron chi connectivity index (χ0n) is 13.5. The predicted molar refractivity (Wildman–Crippen MR) is 98.3 cm³/mol. The molecule has 0 atom stereocenters. The molecule has 0 aliphatic rings. The summed E-state index contributed by atoms with van der Waals surface area (Å²) < 4.78 is 20.1. The van der Waals surface area contributed by atoms with E-state index in [9.17, 15) is 9.18 Å². The molecule has 0 unspecified atom stereocenters. The average Bonchev–Trinajstić information content (AvgIpc) is 3.05. The van der Waals surface area contributed by atoms with Crippen molar-refractivity contribution in [1.29, 1.82) is 0 Å². The molecule has 1 aromatic heterocycles. The van der Waals surface area contributed by atoms with Crippen molar-refractivity contribution < 1.29 is 13.9 Å². The third-order valence-electron chi connectivity index (χ3n) is 3.49. The first-order chi connectivity index (χ1) is 12.5. The van der Waals surface area contributed by atoms with Crippen LogP contribution in [0.1, 0.15) is 5.56 Å². The molecule has 5 nitrogen and oxygen atoms in total. The van der Waals surface area contributed by atoms with Crippen molar-refractivity contribution in [3.05, 3.63) is 76.2 Å². The molecule has 1 heterocycles. The van der Waals surface area contributed by atoms with Crippen LogP contribution < -0.4 is 10.1 Å². The van der Waals surface area contributed by atoms with Gasteiger partial charge >= 0.3 is 0 Å². The van der Waals surface area contributed by atoms with Crippen LogP contribution in [0.15, 0.2) is 54.7 Å². The number of anilines is 1. The summed E-state index contributed by atoms with van der Waals surface area (Å²) in [7, 11) is 0. The fraction of sp³-hybridized carbons (Fsp3) is 0.111. The molecule has 0 fully saturated rings. The van der Waals surface area contributed by atoms with E-state index in [1.54, 1.807) is 29.1 Å². The number of aromatic nitrogens is 2. The summed E-state index contributed by atoms with van der Waals surface area (Å²) in [5.41, 5.74) is 0.991. The van der Waals surface area contributed by atoms with Gasteiger partial charge in [-0.25, -0.2) is 9.07 Å². The molecule has 2 aromatic carbocycles. The number of carbonyl (C=O) groups is 1. The molecule has 0 saturated heterocycles. The first kappa shape index (κ1) is 18.2. The zero-order chi connectivity index (χ0) is 18.5. The molecular formula is C18H14Cl2FN3O2. The predicted octanol–water partition coefficient (Wildman–Crippen LogP) is 4.39. The van der Waals surface area contributed by atoms with E-state index in [2.05, 4.69) is 10.4 Å². The van der Waals surface area contributed by atoms with Crippen LogP contribution in [0.25, 0.3) is 0 Å². The molecular weight excluding hydrogens is 380 g/mol. The molecule has 26 heavy (non-hydrogen) atoms. The molecule has 3 rings (SSSR count). The number of amides is 1. The molecule has 3 aromatic rings. The van der Waals surface area contributed by atoms with E-state index < -0.39 is 5.82 Å². The Morgan fingerprint density at radius 1 is 1.15 bits per heavy atom. The monoisotopic (exact) mass is 393 g/mol. The van der Waals surface area contributed by atoms with Gasteiger partial charge in [-0.2, -0.15) is 5.10 Å². The van der Waals surface area contributed by atoms with Crippen LogP contribution in [0, 0.1) is 5.82 Å². The van der Waals surface area contributed by atoms with Gasteiger partial charge in [0.2, 0.25) is 0 Å². The summed E-state index contributed by atoms with van der Waals surface area (Å²) in [4.78, 5) is 12.1. The molecule has 1 amide bonds. The second-order valence-electron chi connectivity index (χ2n) is 5.41. The highest BCUT2D eigenvalue weighted by molar-refractivity contribution is 6.31. The van der Waals surface area contributed by atoms with Crippen molar-refractivity contribution in [2.45, 2.75) is 6.54 Å². The largest absolute Gasteiger partial charge is 0.484 e. The number of ether oxygens (including phenoxy) is 1. The summed E-state index contributed by atoms with van der Waals surface area (Å²) in [6, 6.07) is 12.9. The van der Waals surface area contributed by atoms with Gasteiger partial charge in [-0.1, -0.05) is 35.3 Å². The number of benzene rings is 2. The fourth-order valence-corrected chi connectivity index (χ4v) is 2.52. The maximum atomic E-state index is 13.1. The quantitative estimate of drug-likeness (QED) is 0.675. The highest BCUT2D eigenvalue weighted by atomic mass is 35.5. The summed E-state index contributed by atoms with van der Waals surface area (Å²) in [6.07, 6.45) is 1.59. The van der Waals surface area contributed by atoms with Crippen LogP contribution >= 0.6 is 23.2 Å². The lowest BCUT2D eigenvalue weighted by atomic mass is 10.2. The van der Waals surface area contributed by atoms with E-state index >= 15 is 0 Å². The van der Waals surface area contributed by atoms with E-state index in [4.69, 9.17) is 27.9 Å². The molecule has 0 bridgehead atoms. The lowest BCUT2D eigenvalue weighted by Gasteiger charge is -2.10. The Morgan fingerprint density at radius 2 is 1.92 bits per heavy atom. The summed E-state index contributed by atoms with van der Waals surface area (Å²) in [5.74, 6) is -0.0789. The SMILES string of the molecule is O=C(COc1ccc(F)c(Cl)c1)Nc1ccnn1Cc1ccc(Cl)cc1. The molecule has 8 heteroatoms. The second kappa shape index (κ2) is 8.21.